The van der Waals surface area contributed by atoms with Gasteiger partial charge in [0.1, 0.15) is 11.5 Å². The van der Waals surface area contributed by atoms with Gasteiger partial charge in [-0.15, -0.1) is 23.5 Å². The lowest BCUT2D eigenvalue weighted by atomic mass is 10.1. The lowest BCUT2D eigenvalue weighted by molar-refractivity contribution is 0.254. The molecule has 0 aliphatic carbocycles. The van der Waals surface area contributed by atoms with Gasteiger partial charge in [-0.3, -0.25) is 0 Å². The van der Waals surface area contributed by atoms with Crippen molar-refractivity contribution in [2.75, 3.05) is 11.5 Å². The summed E-state index contributed by atoms with van der Waals surface area (Å²) >= 11 is 3.70. The molecule has 0 saturated heterocycles. The maximum absolute atomic E-state index is 6.44. The summed E-state index contributed by atoms with van der Waals surface area (Å²) < 4.78 is 6.44. The zero-order chi connectivity index (χ0) is 20.9. The van der Waals surface area contributed by atoms with Gasteiger partial charge >= 0.3 is 0 Å². The van der Waals surface area contributed by atoms with Crippen molar-refractivity contribution < 1.29 is 4.74 Å². The fraction of sp³-hybridized carbons (Fsp3) is 0.385. The van der Waals surface area contributed by atoms with Crippen LogP contribution in [0.25, 0.3) is 0 Å². The zero-order valence-electron chi connectivity index (χ0n) is 18.1. The summed E-state index contributed by atoms with van der Waals surface area (Å²) in [6.07, 6.45) is 6.46. The van der Waals surface area contributed by atoms with Crippen LogP contribution in [0.3, 0.4) is 0 Å². The highest BCUT2D eigenvalue weighted by atomic mass is 32.2. The minimum Gasteiger partial charge on any atom is -0.467 e. The molecule has 156 valence electrons. The van der Waals surface area contributed by atoms with Crippen molar-refractivity contribution in [1.29, 1.82) is 0 Å². The molecule has 0 unspecified atom stereocenters. The van der Waals surface area contributed by atoms with Crippen molar-refractivity contribution in [3.05, 3.63) is 84.3 Å². The Morgan fingerprint density at radius 2 is 1.07 bits per heavy atom. The van der Waals surface area contributed by atoms with E-state index in [1.54, 1.807) is 0 Å². The Balaban J connectivity index is 2.01. The first kappa shape index (κ1) is 23.7. The Morgan fingerprint density at radius 3 is 1.41 bits per heavy atom. The first-order valence-corrected chi connectivity index (χ1v) is 12.4. The van der Waals surface area contributed by atoms with Crippen LogP contribution in [-0.4, -0.2) is 11.5 Å². The van der Waals surface area contributed by atoms with Crippen molar-refractivity contribution in [3.63, 3.8) is 0 Å². The SMILES string of the molecule is CC(C)CC(=CCSc1ccccc1)OC(=CCSc1ccccc1)CC(C)C. The Bertz CT molecular complexity index is 683. The summed E-state index contributed by atoms with van der Waals surface area (Å²) in [5, 5.41) is 0. The van der Waals surface area contributed by atoms with Gasteiger partial charge in [0.15, 0.2) is 0 Å². The predicted molar refractivity (Wildman–Crippen MR) is 130 cm³/mol. The van der Waals surface area contributed by atoms with Gasteiger partial charge in [0.05, 0.1) is 0 Å². The van der Waals surface area contributed by atoms with E-state index in [0.29, 0.717) is 11.8 Å². The summed E-state index contributed by atoms with van der Waals surface area (Å²) in [6.45, 7) is 8.99. The number of allylic oxidation sites excluding steroid dienone is 2. The van der Waals surface area contributed by atoms with Crippen LogP contribution < -0.4 is 0 Å². The molecule has 0 saturated carbocycles. The summed E-state index contributed by atoms with van der Waals surface area (Å²) in [7, 11) is 0. The van der Waals surface area contributed by atoms with Crippen LogP contribution in [0.1, 0.15) is 40.5 Å². The molecule has 0 fully saturated rings. The van der Waals surface area contributed by atoms with Crippen LogP contribution in [0.15, 0.2) is 94.1 Å². The Kier molecular flexibility index (Phi) is 11.1. The third kappa shape index (κ3) is 10.7. The summed E-state index contributed by atoms with van der Waals surface area (Å²) in [4.78, 5) is 2.59. The van der Waals surface area contributed by atoms with Gasteiger partial charge in [0.25, 0.3) is 0 Å². The highest BCUT2D eigenvalue weighted by Gasteiger charge is 2.09. The molecule has 0 N–H and O–H groups in total. The van der Waals surface area contributed by atoms with E-state index in [2.05, 4.69) is 101 Å². The van der Waals surface area contributed by atoms with E-state index < -0.39 is 0 Å². The van der Waals surface area contributed by atoms with Gasteiger partial charge in [-0.2, -0.15) is 0 Å². The molecule has 0 heterocycles. The molecule has 0 aromatic heterocycles. The molecular weight excluding hydrogens is 392 g/mol. The van der Waals surface area contributed by atoms with Gasteiger partial charge in [-0.1, -0.05) is 64.1 Å². The first-order chi connectivity index (χ1) is 14.0. The number of thioether (sulfide) groups is 2. The molecule has 0 aliphatic rings. The van der Waals surface area contributed by atoms with Crippen LogP contribution in [-0.2, 0) is 4.74 Å². The minimum atomic E-state index is 0.571. The lowest BCUT2D eigenvalue weighted by Gasteiger charge is -2.17. The highest BCUT2D eigenvalue weighted by molar-refractivity contribution is 7.99. The third-order valence-corrected chi connectivity index (χ3v) is 5.97. The van der Waals surface area contributed by atoms with E-state index in [-0.39, 0.29) is 0 Å². The molecule has 2 aromatic rings. The van der Waals surface area contributed by atoms with Crippen LogP contribution >= 0.6 is 23.5 Å². The molecule has 3 heteroatoms. The van der Waals surface area contributed by atoms with Gasteiger partial charge in [0, 0.05) is 34.1 Å². The van der Waals surface area contributed by atoms with E-state index in [9.17, 15) is 0 Å². The van der Waals surface area contributed by atoms with Crippen molar-refractivity contribution >= 4 is 23.5 Å². The van der Waals surface area contributed by atoms with E-state index in [1.165, 1.54) is 9.79 Å². The van der Waals surface area contributed by atoms with Crippen molar-refractivity contribution in [2.24, 2.45) is 11.8 Å². The van der Waals surface area contributed by atoms with Crippen molar-refractivity contribution in [1.82, 2.24) is 0 Å². The number of ether oxygens (including phenoxy) is 1. The van der Waals surface area contributed by atoms with Crippen LogP contribution in [0.5, 0.6) is 0 Å². The maximum atomic E-state index is 6.44. The predicted octanol–water partition coefficient (Wildman–Crippen LogP) is 8.45. The fourth-order valence-electron chi connectivity index (χ4n) is 2.80. The molecule has 0 amide bonds. The van der Waals surface area contributed by atoms with Crippen LogP contribution in [0.4, 0.5) is 0 Å². The van der Waals surface area contributed by atoms with Crippen molar-refractivity contribution in [3.8, 4) is 0 Å². The van der Waals surface area contributed by atoms with Crippen LogP contribution in [0.2, 0.25) is 0 Å². The van der Waals surface area contributed by atoms with Crippen molar-refractivity contribution in [2.45, 2.75) is 50.3 Å². The summed E-state index contributed by atoms with van der Waals surface area (Å²) in [6, 6.07) is 21.1. The number of rotatable bonds is 12. The van der Waals surface area contributed by atoms with E-state index in [4.69, 9.17) is 4.74 Å². The molecule has 1 nitrogen and oxygen atoms in total. The van der Waals surface area contributed by atoms with Gasteiger partial charge < -0.3 is 4.74 Å². The van der Waals surface area contributed by atoms with Gasteiger partial charge in [-0.05, 0) is 48.3 Å². The average molecular weight is 427 g/mol. The molecule has 0 spiro atoms. The lowest BCUT2D eigenvalue weighted by Crippen LogP contribution is -2.02. The maximum Gasteiger partial charge on any atom is 0.101 e. The smallest absolute Gasteiger partial charge is 0.101 e. The van der Waals surface area contributed by atoms with Gasteiger partial charge in [0.2, 0.25) is 0 Å². The number of hydrogen-bond donors (Lipinski definition) is 0. The molecule has 2 rings (SSSR count). The highest BCUT2D eigenvalue weighted by Crippen LogP contribution is 2.25. The molecule has 0 atom stereocenters. The molecule has 29 heavy (non-hydrogen) atoms. The first-order valence-electron chi connectivity index (χ1n) is 10.4. The second kappa shape index (κ2) is 13.6. The fourth-order valence-corrected chi connectivity index (χ4v) is 4.42. The Hall–Kier alpha value is -1.58. The van der Waals surface area contributed by atoms with E-state index in [0.717, 1.165) is 35.9 Å². The summed E-state index contributed by atoms with van der Waals surface area (Å²) in [5.41, 5.74) is 0. The number of benzene rings is 2. The van der Waals surface area contributed by atoms with E-state index >= 15 is 0 Å². The standard InChI is InChI=1S/C26H34OS2/c1-21(2)19-23(15-17-28-25-11-7-5-8-12-25)27-24(20-22(3)4)16-18-29-26-13-9-6-10-14-26/h5-16,21-22H,17-20H2,1-4H3. The normalized spacial score (nSPS) is 12.6. The average Bonchev–Trinajstić information content (AvgIpc) is 2.68. The molecule has 0 bridgehead atoms. The minimum absolute atomic E-state index is 0.571. The number of hydrogen-bond acceptors (Lipinski definition) is 3. The summed E-state index contributed by atoms with van der Waals surface area (Å²) in [5.74, 6) is 5.20. The second-order valence-electron chi connectivity index (χ2n) is 7.89. The molecule has 0 aliphatic heterocycles. The third-order valence-electron chi connectivity index (χ3n) is 4.09. The zero-order valence-corrected chi connectivity index (χ0v) is 19.8. The molecular formula is C26H34OS2. The van der Waals surface area contributed by atoms with E-state index in [1.807, 2.05) is 23.5 Å². The monoisotopic (exact) mass is 426 g/mol. The Labute approximate surface area is 186 Å². The van der Waals surface area contributed by atoms with Gasteiger partial charge in [-0.25, -0.2) is 0 Å². The largest absolute Gasteiger partial charge is 0.467 e. The van der Waals surface area contributed by atoms with Crippen LogP contribution in [0, 0.1) is 11.8 Å². The molecule has 2 aromatic carbocycles. The Morgan fingerprint density at radius 1 is 0.690 bits per heavy atom. The topological polar surface area (TPSA) is 9.23 Å². The molecule has 0 radical (unpaired) electrons. The quantitative estimate of drug-likeness (QED) is 0.249. The second-order valence-corrected chi connectivity index (χ2v) is 10.1.